The van der Waals surface area contributed by atoms with Gasteiger partial charge in [0.2, 0.25) is 0 Å². The van der Waals surface area contributed by atoms with E-state index in [1.165, 1.54) is 0 Å². The Morgan fingerprint density at radius 3 is 2.62 bits per heavy atom. The quantitative estimate of drug-likeness (QED) is 0.799. The highest BCUT2D eigenvalue weighted by Crippen LogP contribution is 2.24. The number of aliphatic hydroxyl groups is 1. The van der Waals surface area contributed by atoms with Gasteiger partial charge in [0.15, 0.2) is 0 Å². The predicted octanol–water partition coefficient (Wildman–Crippen LogP) is 2.67. The third-order valence-corrected chi connectivity index (χ3v) is 4.22. The van der Waals surface area contributed by atoms with Gasteiger partial charge in [-0.2, -0.15) is 0 Å². The molecule has 1 aromatic heterocycles. The number of nitrogens with one attached hydrogen (secondary N) is 2. The number of rotatable bonds is 4. The largest absolute Gasteiger partial charge is 0.463 e. The Balaban J connectivity index is 1.78. The molecule has 0 radical (unpaired) electrons. The fourth-order valence-corrected chi connectivity index (χ4v) is 2.70. The molecule has 1 unspecified atom stereocenters. The minimum atomic E-state index is -1.20. The van der Waals surface area contributed by atoms with E-state index in [0.29, 0.717) is 5.76 Å². The summed E-state index contributed by atoms with van der Waals surface area (Å²) >= 11 is 0. The van der Waals surface area contributed by atoms with E-state index in [2.05, 4.69) is 17.6 Å². The van der Waals surface area contributed by atoms with Crippen LogP contribution in [0.4, 0.5) is 4.79 Å². The Morgan fingerprint density at radius 2 is 2.05 bits per heavy atom. The van der Waals surface area contributed by atoms with Crippen molar-refractivity contribution < 1.29 is 14.3 Å². The van der Waals surface area contributed by atoms with E-state index in [1.54, 1.807) is 19.1 Å². The molecule has 3 N–H and O–H groups in total. The van der Waals surface area contributed by atoms with Crippen LogP contribution in [0.25, 0.3) is 0 Å². The van der Waals surface area contributed by atoms with Crippen LogP contribution in [0.15, 0.2) is 16.5 Å². The van der Waals surface area contributed by atoms with Gasteiger partial charge in [-0.1, -0.05) is 6.92 Å². The zero-order chi connectivity index (χ0) is 15.5. The Morgan fingerprint density at radius 1 is 1.38 bits per heavy atom. The molecule has 0 bridgehead atoms. The highest BCUT2D eigenvalue weighted by atomic mass is 16.4. The van der Waals surface area contributed by atoms with E-state index in [-0.39, 0.29) is 18.6 Å². The standard InChI is InChI=1S/C16H26N2O3/c1-11-4-7-13(8-5-11)18-15(19)17-10-16(3,20)14-9-6-12(2)21-14/h6,9,11,13,20H,4-5,7-8,10H2,1-3H3,(H2,17,18,19). The van der Waals surface area contributed by atoms with Gasteiger partial charge < -0.3 is 20.2 Å². The van der Waals surface area contributed by atoms with E-state index in [1.807, 2.05) is 6.92 Å². The fourth-order valence-electron chi connectivity index (χ4n) is 2.70. The number of amides is 2. The molecule has 2 rings (SSSR count). The minimum Gasteiger partial charge on any atom is -0.463 e. The molecule has 1 heterocycles. The second kappa shape index (κ2) is 6.52. The van der Waals surface area contributed by atoms with Crippen molar-refractivity contribution in [1.82, 2.24) is 10.6 Å². The van der Waals surface area contributed by atoms with Gasteiger partial charge >= 0.3 is 6.03 Å². The Kier molecular flexibility index (Phi) is 4.93. The Hall–Kier alpha value is -1.49. The summed E-state index contributed by atoms with van der Waals surface area (Å²) in [5.41, 5.74) is -1.20. The van der Waals surface area contributed by atoms with Crippen LogP contribution in [0.3, 0.4) is 0 Å². The first-order valence-electron chi connectivity index (χ1n) is 7.70. The average molecular weight is 294 g/mol. The van der Waals surface area contributed by atoms with E-state index in [0.717, 1.165) is 37.4 Å². The number of carbonyl (C=O) groups is 1. The molecule has 21 heavy (non-hydrogen) atoms. The first-order valence-corrected chi connectivity index (χ1v) is 7.70. The average Bonchev–Trinajstić information content (AvgIpc) is 2.87. The zero-order valence-electron chi connectivity index (χ0n) is 13.1. The lowest BCUT2D eigenvalue weighted by atomic mass is 9.87. The normalized spacial score (nSPS) is 25.1. The van der Waals surface area contributed by atoms with Gasteiger partial charge in [-0.15, -0.1) is 0 Å². The van der Waals surface area contributed by atoms with Crippen molar-refractivity contribution in [3.8, 4) is 0 Å². The van der Waals surface area contributed by atoms with E-state index < -0.39 is 5.60 Å². The monoisotopic (exact) mass is 294 g/mol. The second-order valence-corrected chi connectivity index (χ2v) is 6.47. The van der Waals surface area contributed by atoms with E-state index in [9.17, 15) is 9.90 Å². The summed E-state index contributed by atoms with van der Waals surface area (Å²) in [6, 6.07) is 3.56. The number of hydrogen-bond donors (Lipinski definition) is 3. The van der Waals surface area contributed by atoms with Crippen LogP contribution >= 0.6 is 0 Å². The van der Waals surface area contributed by atoms with Crippen molar-refractivity contribution >= 4 is 6.03 Å². The van der Waals surface area contributed by atoms with Crippen molar-refractivity contribution in [2.24, 2.45) is 5.92 Å². The highest BCUT2D eigenvalue weighted by Gasteiger charge is 2.28. The molecule has 0 spiro atoms. The maximum Gasteiger partial charge on any atom is 0.315 e. The molecule has 2 amide bonds. The van der Waals surface area contributed by atoms with Crippen molar-refractivity contribution in [1.29, 1.82) is 0 Å². The van der Waals surface area contributed by atoms with Crippen molar-refractivity contribution in [3.63, 3.8) is 0 Å². The topological polar surface area (TPSA) is 74.5 Å². The van der Waals surface area contributed by atoms with Crippen LogP contribution < -0.4 is 10.6 Å². The number of carbonyl (C=O) groups excluding carboxylic acids is 1. The van der Waals surface area contributed by atoms with Gasteiger partial charge in [0.1, 0.15) is 17.1 Å². The summed E-state index contributed by atoms with van der Waals surface area (Å²) in [5.74, 6) is 1.96. The van der Waals surface area contributed by atoms with Gasteiger partial charge in [0.05, 0.1) is 6.54 Å². The molecule has 118 valence electrons. The number of furan rings is 1. The van der Waals surface area contributed by atoms with Gasteiger partial charge in [0.25, 0.3) is 0 Å². The Labute approximate surface area is 126 Å². The van der Waals surface area contributed by atoms with Gasteiger partial charge in [-0.3, -0.25) is 0 Å². The second-order valence-electron chi connectivity index (χ2n) is 6.47. The maximum atomic E-state index is 11.9. The lowest BCUT2D eigenvalue weighted by Crippen LogP contribution is -2.47. The lowest BCUT2D eigenvalue weighted by Gasteiger charge is -2.28. The summed E-state index contributed by atoms with van der Waals surface area (Å²) in [6.07, 6.45) is 4.38. The molecule has 1 aromatic rings. The van der Waals surface area contributed by atoms with Gasteiger partial charge in [-0.25, -0.2) is 4.79 Å². The number of urea groups is 1. The molecule has 1 fully saturated rings. The SMILES string of the molecule is Cc1ccc(C(C)(O)CNC(=O)NC2CCC(C)CC2)o1. The summed E-state index contributed by atoms with van der Waals surface area (Å²) in [7, 11) is 0. The maximum absolute atomic E-state index is 11.9. The smallest absolute Gasteiger partial charge is 0.315 e. The van der Waals surface area contributed by atoms with Crippen molar-refractivity contribution in [2.45, 2.75) is 58.1 Å². The molecule has 1 aliphatic carbocycles. The third-order valence-electron chi connectivity index (χ3n) is 4.22. The summed E-state index contributed by atoms with van der Waals surface area (Å²) < 4.78 is 5.42. The van der Waals surface area contributed by atoms with Crippen molar-refractivity contribution in [2.75, 3.05) is 6.54 Å². The minimum absolute atomic E-state index is 0.120. The summed E-state index contributed by atoms with van der Waals surface area (Å²) in [5, 5.41) is 16.1. The molecule has 0 aromatic carbocycles. The predicted molar refractivity (Wildman–Crippen MR) is 81.0 cm³/mol. The molecule has 1 atom stereocenters. The van der Waals surface area contributed by atoms with Crippen LogP contribution in [0.1, 0.15) is 51.1 Å². The van der Waals surface area contributed by atoms with Gasteiger partial charge in [-0.05, 0) is 57.6 Å². The molecule has 5 heteroatoms. The van der Waals surface area contributed by atoms with Crippen LogP contribution in [-0.4, -0.2) is 23.7 Å². The number of aryl methyl sites for hydroxylation is 1. The van der Waals surface area contributed by atoms with Crippen LogP contribution in [0.5, 0.6) is 0 Å². The van der Waals surface area contributed by atoms with Crippen LogP contribution in [-0.2, 0) is 5.60 Å². The molecule has 5 nitrogen and oxygen atoms in total. The van der Waals surface area contributed by atoms with Crippen molar-refractivity contribution in [3.05, 3.63) is 23.7 Å². The highest BCUT2D eigenvalue weighted by molar-refractivity contribution is 5.74. The first kappa shape index (κ1) is 15.9. The molecule has 1 aliphatic rings. The molecular weight excluding hydrogens is 268 g/mol. The van der Waals surface area contributed by atoms with Crippen LogP contribution in [0.2, 0.25) is 0 Å². The molecule has 0 aliphatic heterocycles. The third kappa shape index (κ3) is 4.49. The van der Waals surface area contributed by atoms with Crippen LogP contribution in [0, 0.1) is 12.8 Å². The van der Waals surface area contributed by atoms with E-state index in [4.69, 9.17) is 4.42 Å². The van der Waals surface area contributed by atoms with Gasteiger partial charge in [0, 0.05) is 6.04 Å². The molecular formula is C16H26N2O3. The molecule has 1 saturated carbocycles. The summed E-state index contributed by atoms with van der Waals surface area (Å²) in [4.78, 5) is 11.9. The molecule has 0 saturated heterocycles. The fraction of sp³-hybridized carbons (Fsp3) is 0.688. The first-order chi connectivity index (χ1) is 9.87. The summed E-state index contributed by atoms with van der Waals surface area (Å²) in [6.45, 7) is 5.82. The van der Waals surface area contributed by atoms with E-state index >= 15 is 0 Å². The lowest BCUT2D eigenvalue weighted by molar-refractivity contribution is 0.0358. The zero-order valence-corrected chi connectivity index (χ0v) is 13.1. The number of hydrogen-bond acceptors (Lipinski definition) is 3. The Bertz CT molecular complexity index is 474.